The zero-order valence-corrected chi connectivity index (χ0v) is 15.2. The second kappa shape index (κ2) is 6.72. The van der Waals surface area contributed by atoms with Gasteiger partial charge in [-0.05, 0) is 48.6 Å². The lowest BCUT2D eigenvalue weighted by Crippen LogP contribution is -2.10. The highest BCUT2D eigenvalue weighted by Crippen LogP contribution is 2.45. The van der Waals surface area contributed by atoms with Crippen molar-refractivity contribution in [3.05, 3.63) is 58.1 Å². The van der Waals surface area contributed by atoms with Crippen molar-refractivity contribution < 1.29 is 32.5 Å². The predicted molar refractivity (Wildman–Crippen MR) is 94.8 cm³/mol. The first-order chi connectivity index (χ1) is 13.2. The van der Waals surface area contributed by atoms with Crippen molar-refractivity contribution in [1.29, 1.82) is 0 Å². The molecule has 0 saturated heterocycles. The van der Waals surface area contributed by atoms with Crippen LogP contribution in [-0.2, 0) is 17.4 Å². The van der Waals surface area contributed by atoms with Crippen LogP contribution in [0.4, 0.5) is 13.2 Å². The SMILES string of the molecule is Cc1cc2c(cc1O[C@@H]1CCc3c1cccc3C(F)(F)F)OCC2CC(=O)O. The Labute approximate surface area is 159 Å². The highest BCUT2D eigenvalue weighted by atomic mass is 19.4. The number of benzene rings is 2. The molecule has 1 aliphatic carbocycles. The molecule has 148 valence electrons. The van der Waals surface area contributed by atoms with Crippen LogP contribution < -0.4 is 9.47 Å². The molecule has 1 unspecified atom stereocenters. The molecule has 7 heteroatoms. The summed E-state index contributed by atoms with van der Waals surface area (Å²) in [5.41, 5.74) is 1.91. The number of ether oxygens (including phenoxy) is 2. The van der Waals surface area contributed by atoms with E-state index in [0.29, 0.717) is 42.1 Å². The van der Waals surface area contributed by atoms with Crippen molar-refractivity contribution in [3.8, 4) is 11.5 Å². The summed E-state index contributed by atoms with van der Waals surface area (Å²) >= 11 is 0. The molecule has 0 saturated carbocycles. The third-order valence-corrected chi connectivity index (χ3v) is 5.40. The standard InChI is InChI=1S/C21H19F3O4/c1-11-7-15-12(8-20(25)26)10-27-19(15)9-18(11)28-17-6-5-13-14(17)3-2-4-16(13)21(22,23)24/h2-4,7,9,12,17H,5-6,8,10H2,1H3,(H,25,26)/t12?,17-/m1/s1. The lowest BCUT2D eigenvalue weighted by atomic mass is 9.96. The van der Waals surface area contributed by atoms with Crippen LogP contribution in [0.25, 0.3) is 0 Å². The van der Waals surface area contributed by atoms with Gasteiger partial charge in [-0.2, -0.15) is 13.2 Å². The second-order valence-electron chi connectivity index (χ2n) is 7.28. The van der Waals surface area contributed by atoms with Gasteiger partial charge in [0.05, 0.1) is 18.6 Å². The third-order valence-electron chi connectivity index (χ3n) is 5.40. The molecular formula is C21H19F3O4. The number of carboxylic acid groups (broad SMARTS) is 1. The van der Waals surface area contributed by atoms with E-state index < -0.39 is 23.8 Å². The molecule has 2 aromatic carbocycles. The Balaban J connectivity index is 1.60. The van der Waals surface area contributed by atoms with Gasteiger partial charge in [0.2, 0.25) is 0 Å². The molecule has 2 aliphatic rings. The normalized spacial score (nSPS) is 20.4. The van der Waals surface area contributed by atoms with Crippen molar-refractivity contribution in [1.82, 2.24) is 0 Å². The molecule has 0 radical (unpaired) electrons. The minimum atomic E-state index is -4.38. The lowest BCUT2D eigenvalue weighted by Gasteiger charge is -2.19. The van der Waals surface area contributed by atoms with Crippen molar-refractivity contribution in [2.45, 2.75) is 44.4 Å². The zero-order valence-electron chi connectivity index (χ0n) is 15.2. The first kappa shape index (κ1) is 18.7. The van der Waals surface area contributed by atoms with Crippen LogP contribution in [0, 0.1) is 6.92 Å². The van der Waals surface area contributed by atoms with Gasteiger partial charge in [0.15, 0.2) is 0 Å². The molecule has 4 nitrogen and oxygen atoms in total. The number of aliphatic carboxylic acids is 1. The van der Waals surface area contributed by atoms with Crippen LogP contribution in [-0.4, -0.2) is 17.7 Å². The van der Waals surface area contributed by atoms with Gasteiger partial charge in [-0.1, -0.05) is 12.1 Å². The smallest absolute Gasteiger partial charge is 0.416 e. The first-order valence-electron chi connectivity index (χ1n) is 9.09. The molecule has 2 atom stereocenters. The van der Waals surface area contributed by atoms with E-state index in [2.05, 4.69) is 0 Å². The largest absolute Gasteiger partial charge is 0.492 e. The molecule has 1 aliphatic heterocycles. The van der Waals surface area contributed by atoms with Gasteiger partial charge in [-0.15, -0.1) is 0 Å². The van der Waals surface area contributed by atoms with E-state index in [1.807, 2.05) is 13.0 Å². The Morgan fingerprint density at radius 1 is 1.29 bits per heavy atom. The molecule has 1 N–H and O–H groups in total. The maximum absolute atomic E-state index is 13.2. The number of aryl methyl sites for hydroxylation is 1. The summed E-state index contributed by atoms with van der Waals surface area (Å²) < 4.78 is 51.4. The van der Waals surface area contributed by atoms with Crippen molar-refractivity contribution in [2.24, 2.45) is 0 Å². The molecular weight excluding hydrogens is 373 g/mol. The van der Waals surface area contributed by atoms with E-state index in [0.717, 1.165) is 17.2 Å². The Morgan fingerprint density at radius 3 is 2.79 bits per heavy atom. The monoisotopic (exact) mass is 392 g/mol. The molecule has 2 aromatic rings. The van der Waals surface area contributed by atoms with Gasteiger partial charge < -0.3 is 14.6 Å². The maximum atomic E-state index is 13.2. The van der Waals surface area contributed by atoms with Gasteiger partial charge in [0, 0.05) is 17.5 Å². The molecule has 1 heterocycles. The third kappa shape index (κ3) is 3.30. The van der Waals surface area contributed by atoms with E-state index in [4.69, 9.17) is 14.6 Å². The zero-order chi connectivity index (χ0) is 20.1. The molecule has 0 aromatic heterocycles. The van der Waals surface area contributed by atoms with Gasteiger partial charge in [-0.3, -0.25) is 4.79 Å². The number of hydrogen-bond donors (Lipinski definition) is 1. The summed E-state index contributed by atoms with van der Waals surface area (Å²) in [5.74, 6) is 0.0309. The fourth-order valence-electron chi connectivity index (χ4n) is 4.08. The van der Waals surface area contributed by atoms with Crippen molar-refractivity contribution in [3.63, 3.8) is 0 Å². The van der Waals surface area contributed by atoms with Crippen LogP contribution in [0.15, 0.2) is 30.3 Å². The van der Waals surface area contributed by atoms with Gasteiger partial charge >= 0.3 is 12.1 Å². The predicted octanol–water partition coefficient (Wildman–Crippen LogP) is 5.03. The lowest BCUT2D eigenvalue weighted by molar-refractivity contribution is -0.138. The summed E-state index contributed by atoms with van der Waals surface area (Å²) in [7, 11) is 0. The molecule has 0 spiro atoms. The Kier molecular flexibility index (Phi) is 4.48. The van der Waals surface area contributed by atoms with Crippen molar-refractivity contribution in [2.75, 3.05) is 6.61 Å². The van der Waals surface area contributed by atoms with Crippen LogP contribution in [0.5, 0.6) is 11.5 Å². The Morgan fingerprint density at radius 2 is 2.07 bits per heavy atom. The number of fused-ring (bicyclic) bond motifs is 2. The van der Waals surface area contributed by atoms with Crippen molar-refractivity contribution >= 4 is 5.97 Å². The van der Waals surface area contributed by atoms with Gasteiger partial charge in [0.25, 0.3) is 0 Å². The minimum Gasteiger partial charge on any atom is -0.492 e. The highest BCUT2D eigenvalue weighted by Gasteiger charge is 2.38. The summed E-state index contributed by atoms with van der Waals surface area (Å²) in [6, 6.07) is 7.78. The molecule has 28 heavy (non-hydrogen) atoms. The van der Waals surface area contributed by atoms with E-state index in [-0.39, 0.29) is 12.3 Å². The Bertz CT molecular complexity index is 936. The van der Waals surface area contributed by atoms with Gasteiger partial charge in [0.1, 0.15) is 17.6 Å². The molecule has 0 fully saturated rings. The summed E-state index contributed by atoms with van der Waals surface area (Å²) in [6.07, 6.45) is -4.05. The molecule has 0 amide bonds. The first-order valence-corrected chi connectivity index (χ1v) is 9.09. The van der Waals surface area contributed by atoms with Crippen LogP contribution >= 0.6 is 0 Å². The van der Waals surface area contributed by atoms with Gasteiger partial charge in [-0.25, -0.2) is 0 Å². The average Bonchev–Trinajstić information content (AvgIpc) is 3.18. The van der Waals surface area contributed by atoms with Crippen LogP contribution in [0.3, 0.4) is 0 Å². The number of halogens is 3. The molecule has 4 rings (SSSR count). The number of rotatable bonds is 4. The quantitative estimate of drug-likeness (QED) is 0.793. The number of carbonyl (C=O) groups is 1. The topological polar surface area (TPSA) is 55.8 Å². The number of alkyl halides is 3. The fraction of sp³-hybridized carbons (Fsp3) is 0.381. The molecule has 0 bridgehead atoms. The summed E-state index contributed by atoms with van der Waals surface area (Å²) in [4.78, 5) is 11.0. The average molecular weight is 392 g/mol. The fourth-order valence-corrected chi connectivity index (χ4v) is 4.08. The number of carboxylic acids is 1. The summed E-state index contributed by atoms with van der Waals surface area (Å²) in [6.45, 7) is 2.14. The maximum Gasteiger partial charge on any atom is 0.416 e. The van der Waals surface area contributed by atoms with Crippen LogP contribution in [0.2, 0.25) is 0 Å². The number of hydrogen-bond acceptors (Lipinski definition) is 3. The van der Waals surface area contributed by atoms with E-state index in [9.17, 15) is 18.0 Å². The van der Waals surface area contributed by atoms with E-state index in [1.165, 1.54) is 6.07 Å². The minimum absolute atomic E-state index is 0.0110. The van der Waals surface area contributed by atoms with Crippen LogP contribution in [0.1, 0.15) is 52.7 Å². The highest BCUT2D eigenvalue weighted by molar-refractivity contribution is 5.69. The van der Waals surface area contributed by atoms with E-state index >= 15 is 0 Å². The summed E-state index contributed by atoms with van der Waals surface area (Å²) in [5, 5.41) is 9.03. The second-order valence-corrected chi connectivity index (χ2v) is 7.28. The Hall–Kier alpha value is -2.70. The van der Waals surface area contributed by atoms with E-state index in [1.54, 1.807) is 12.1 Å².